The number of carboxylic acid groups (broad SMARTS) is 1. The lowest BCUT2D eigenvalue weighted by Crippen LogP contribution is -2.35. The Labute approximate surface area is 198 Å². The third kappa shape index (κ3) is 4.79. The van der Waals surface area contributed by atoms with E-state index in [0.29, 0.717) is 9.59 Å². The molecule has 2 atom stereocenters. The van der Waals surface area contributed by atoms with Crippen molar-refractivity contribution in [2.45, 2.75) is 25.4 Å². The Balaban J connectivity index is 1.74. The van der Waals surface area contributed by atoms with Gasteiger partial charge in [-0.25, -0.2) is 46.7 Å². The predicted molar refractivity (Wildman–Crippen MR) is 114 cm³/mol. The van der Waals surface area contributed by atoms with Crippen molar-refractivity contribution in [2.75, 3.05) is 0 Å². The van der Waals surface area contributed by atoms with Crippen LogP contribution in [-0.4, -0.2) is 62.8 Å². The van der Waals surface area contributed by atoms with Gasteiger partial charge in [0.05, 0.1) is 5.69 Å². The van der Waals surface area contributed by atoms with Gasteiger partial charge >= 0.3 is 11.7 Å². The maximum atomic E-state index is 14.8. The highest BCUT2D eigenvalue weighted by Crippen LogP contribution is 2.25. The van der Waals surface area contributed by atoms with Crippen LogP contribution in [-0.2, 0) is 6.54 Å². The van der Waals surface area contributed by atoms with Crippen LogP contribution in [0.1, 0.15) is 22.6 Å². The summed E-state index contributed by atoms with van der Waals surface area (Å²) < 4.78 is 42.9. The molecule has 0 saturated carbocycles. The molecular weight excluding hydrogens is 495 g/mol. The number of alkyl halides is 3. The van der Waals surface area contributed by atoms with Crippen molar-refractivity contribution >= 4 is 17.6 Å². The quantitative estimate of drug-likeness (QED) is 0.368. The molecule has 0 saturated heterocycles. The Morgan fingerprint density at radius 1 is 1.09 bits per heavy atom. The fourth-order valence-corrected chi connectivity index (χ4v) is 3.31. The molecule has 0 spiro atoms. The molecule has 3 heterocycles. The van der Waals surface area contributed by atoms with E-state index in [0.717, 1.165) is 9.36 Å². The van der Waals surface area contributed by atoms with Crippen molar-refractivity contribution in [3.63, 3.8) is 0 Å². The molecule has 0 aliphatic carbocycles. The van der Waals surface area contributed by atoms with E-state index < -0.39 is 37.0 Å². The van der Waals surface area contributed by atoms with Crippen LogP contribution in [0.15, 0.2) is 53.7 Å². The molecule has 4 aromatic rings. The summed E-state index contributed by atoms with van der Waals surface area (Å²) >= 11 is 5.85. The first-order valence-corrected chi connectivity index (χ1v) is 10.2. The molecule has 3 aromatic heterocycles. The lowest BCUT2D eigenvalue weighted by molar-refractivity contribution is -0.0723. The van der Waals surface area contributed by atoms with Crippen LogP contribution in [0.3, 0.4) is 0 Å². The number of carbonyl (C=O) groups is 1. The van der Waals surface area contributed by atoms with E-state index in [4.69, 9.17) is 11.6 Å². The smallest absolute Gasteiger partial charge is 0.356 e. The van der Waals surface area contributed by atoms with Gasteiger partial charge in [-0.1, -0.05) is 11.6 Å². The van der Waals surface area contributed by atoms with Gasteiger partial charge in [0, 0.05) is 16.8 Å². The monoisotopic (exact) mass is 509 g/mol. The lowest BCUT2D eigenvalue weighted by Gasteiger charge is -2.16. The van der Waals surface area contributed by atoms with Crippen LogP contribution in [0.5, 0.6) is 0 Å². The van der Waals surface area contributed by atoms with Crippen molar-refractivity contribution in [3.8, 4) is 17.1 Å². The molecule has 0 fully saturated rings. The van der Waals surface area contributed by atoms with Gasteiger partial charge in [0.15, 0.2) is 23.4 Å². The Morgan fingerprint density at radius 3 is 2.46 bits per heavy atom. The van der Waals surface area contributed by atoms with Crippen LogP contribution in [0.25, 0.3) is 17.1 Å². The van der Waals surface area contributed by atoms with Crippen LogP contribution < -0.4 is 5.69 Å². The number of aliphatic hydroxyl groups excluding tert-OH is 1. The molecule has 0 bridgehead atoms. The summed E-state index contributed by atoms with van der Waals surface area (Å²) in [5, 5.41) is 27.3. The van der Waals surface area contributed by atoms with Crippen molar-refractivity contribution in [1.82, 2.24) is 34.1 Å². The van der Waals surface area contributed by atoms with Crippen LogP contribution >= 0.6 is 11.6 Å². The first-order valence-electron chi connectivity index (χ1n) is 9.82. The fraction of sp³-hybridized carbons (Fsp3) is 0.200. The van der Waals surface area contributed by atoms with Gasteiger partial charge in [-0.05, 0) is 36.4 Å². The summed E-state index contributed by atoms with van der Waals surface area (Å²) in [7, 11) is 0. The maximum absolute atomic E-state index is 14.8. The first kappa shape index (κ1) is 24.1. The number of aromatic nitrogens is 7. The summed E-state index contributed by atoms with van der Waals surface area (Å²) in [6, 6.07) is 8.58. The summed E-state index contributed by atoms with van der Waals surface area (Å²) in [6.07, 6.45) is -6.58. The van der Waals surface area contributed by atoms with Gasteiger partial charge < -0.3 is 10.2 Å². The second-order valence-corrected chi connectivity index (χ2v) is 7.56. The van der Waals surface area contributed by atoms with E-state index in [-0.39, 0.29) is 28.6 Å². The Hall–Kier alpha value is -4.04. The molecule has 2 N–H and O–H groups in total. The minimum Gasteiger partial charge on any atom is -0.476 e. The van der Waals surface area contributed by atoms with Crippen LogP contribution in [0.4, 0.5) is 13.2 Å². The second kappa shape index (κ2) is 9.68. The minimum absolute atomic E-state index is 0.0237. The average Bonchev–Trinajstić information content (AvgIpc) is 3.43. The molecule has 0 aliphatic heterocycles. The number of hydrogen-bond donors (Lipinski definition) is 2. The van der Waals surface area contributed by atoms with Gasteiger partial charge in [-0.3, -0.25) is 0 Å². The van der Waals surface area contributed by atoms with E-state index in [1.54, 1.807) is 0 Å². The van der Waals surface area contributed by atoms with Gasteiger partial charge in [-0.15, -0.1) is 10.2 Å². The SMILES string of the molecule is O=C(O)c1ncccc1-n1cnc(Cn2nc(-c3ccc(Cl)cc3)n(C(F)[C@H](O)C(F)F)c2=O)n1. The molecule has 0 aliphatic rings. The molecule has 1 aromatic carbocycles. The largest absolute Gasteiger partial charge is 0.476 e. The molecule has 0 amide bonds. The zero-order valence-electron chi connectivity index (χ0n) is 17.4. The molecule has 4 rings (SSSR count). The molecule has 182 valence electrons. The van der Waals surface area contributed by atoms with Crippen molar-refractivity contribution in [1.29, 1.82) is 0 Å². The zero-order chi connectivity index (χ0) is 25.3. The fourth-order valence-electron chi connectivity index (χ4n) is 3.18. The first-order chi connectivity index (χ1) is 16.7. The van der Waals surface area contributed by atoms with E-state index >= 15 is 0 Å². The summed E-state index contributed by atoms with van der Waals surface area (Å²) in [5.41, 5.74) is -1.17. The topological polar surface area (TPSA) is 141 Å². The number of halogens is 4. The highest BCUT2D eigenvalue weighted by molar-refractivity contribution is 6.30. The maximum Gasteiger partial charge on any atom is 0.356 e. The number of rotatable bonds is 8. The van der Waals surface area contributed by atoms with E-state index in [1.807, 2.05) is 0 Å². The third-order valence-electron chi connectivity index (χ3n) is 4.83. The molecule has 0 radical (unpaired) electrons. The Bertz CT molecular complexity index is 1420. The van der Waals surface area contributed by atoms with Crippen molar-refractivity contribution in [2.24, 2.45) is 0 Å². The number of hydrogen-bond acceptors (Lipinski definition) is 7. The number of aliphatic hydroxyl groups is 1. The number of benzene rings is 1. The lowest BCUT2D eigenvalue weighted by atomic mass is 10.2. The number of aromatic carboxylic acids is 1. The summed E-state index contributed by atoms with van der Waals surface area (Å²) in [4.78, 5) is 32.1. The normalized spacial score (nSPS) is 13.2. The van der Waals surface area contributed by atoms with Crippen molar-refractivity contribution in [3.05, 3.63) is 75.9 Å². The number of pyridine rings is 1. The highest BCUT2D eigenvalue weighted by atomic mass is 35.5. The zero-order valence-corrected chi connectivity index (χ0v) is 18.2. The second-order valence-electron chi connectivity index (χ2n) is 7.12. The van der Waals surface area contributed by atoms with Gasteiger partial charge in [0.2, 0.25) is 6.30 Å². The van der Waals surface area contributed by atoms with E-state index in [1.165, 1.54) is 48.9 Å². The van der Waals surface area contributed by atoms with E-state index in [9.17, 15) is 33.0 Å². The molecule has 1 unspecified atom stereocenters. The Kier molecular flexibility index (Phi) is 6.66. The van der Waals surface area contributed by atoms with Gasteiger partial charge in [-0.2, -0.15) is 0 Å². The molecule has 11 nitrogen and oxygen atoms in total. The Morgan fingerprint density at radius 2 is 1.80 bits per heavy atom. The predicted octanol–water partition coefficient (Wildman–Crippen LogP) is 2.18. The van der Waals surface area contributed by atoms with Crippen LogP contribution in [0.2, 0.25) is 5.02 Å². The molecule has 35 heavy (non-hydrogen) atoms. The average molecular weight is 510 g/mol. The summed E-state index contributed by atoms with van der Waals surface area (Å²) in [5.74, 6) is -1.66. The van der Waals surface area contributed by atoms with Gasteiger partial charge in [0.1, 0.15) is 12.9 Å². The minimum atomic E-state index is -3.46. The third-order valence-corrected chi connectivity index (χ3v) is 5.08. The van der Waals surface area contributed by atoms with Crippen molar-refractivity contribution < 1.29 is 28.2 Å². The number of carboxylic acids is 1. The van der Waals surface area contributed by atoms with Crippen LogP contribution in [0, 0.1) is 0 Å². The summed E-state index contributed by atoms with van der Waals surface area (Å²) in [6.45, 7) is -0.417. The van der Waals surface area contributed by atoms with E-state index in [2.05, 4.69) is 20.2 Å². The van der Waals surface area contributed by atoms with Gasteiger partial charge in [0.25, 0.3) is 6.43 Å². The molecular formula is C20H15ClF3N7O4. The number of nitrogens with zero attached hydrogens (tertiary/aromatic N) is 7. The standard InChI is InChI=1S/C20H15ClF3N7O4/c21-11-5-3-10(4-6-11)18-28-29(20(35)31(18)17(24)15(32)16(22)23)8-13-26-9-30(27-13)12-2-1-7-25-14(12)19(33)34/h1-7,9,15-17,32H,8H2,(H,33,34)/t15-,17?/m1/s1. The molecule has 15 heteroatoms. The highest BCUT2D eigenvalue weighted by Gasteiger charge is 2.33.